The van der Waals surface area contributed by atoms with E-state index >= 15 is 0 Å². The second-order valence-corrected chi connectivity index (χ2v) is 6.27. The van der Waals surface area contributed by atoms with Crippen LogP contribution in [0.3, 0.4) is 0 Å². The van der Waals surface area contributed by atoms with Crippen LogP contribution in [0.4, 0.5) is 0 Å². The van der Waals surface area contributed by atoms with Gasteiger partial charge in [0.15, 0.2) is 0 Å². The van der Waals surface area contributed by atoms with E-state index in [1.54, 1.807) is 18.0 Å². The van der Waals surface area contributed by atoms with Crippen molar-refractivity contribution in [1.29, 1.82) is 0 Å². The fourth-order valence-electron chi connectivity index (χ4n) is 2.85. The molecular weight excluding hydrogens is 282 g/mol. The molecule has 3 rings (SSSR count). The van der Waals surface area contributed by atoms with Crippen LogP contribution in [0.25, 0.3) is 5.65 Å². The SMILES string of the molecule is Cc1cccn2c(CC(=O)N3CC[C@@](C)(O)[C@@H](O)C3)cnc12. The van der Waals surface area contributed by atoms with E-state index in [0.29, 0.717) is 13.0 Å². The van der Waals surface area contributed by atoms with Crippen molar-refractivity contribution in [2.24, 2.45) is 0 Å². The fourth-order valence-corrected chi connectivity index (χ4v) is 2.85. The fraction of sp³-hybridized carbons (Fsp3) is 0.500. The molecule has 2 aromatic rings. The molecule has 0 unspecified atom stereocenters. The zero-order chi connectivity index (χ0) is 15.9. The smallest absolute Gasteiger partial charge is 0.228 e. The third-order valence-corrected chi connectivity index (χ3v) is 4.49. The molecule has 0 radical (unpaired) electrons. The molecule has 1 saturated heterocycles. The van der Waals surface area contributed by atoms with Crippen LogP contribution in [0, 0.1) is 6.92 Å². The Bertz CT molecular complexity index is 708. The van der Waals surface area contributed by atoms with Gasteiger partial charge < -0.3 is 19.5 Å². The lowest BCUT2D eigenvalue weighted by Gasteiger charge is -2.39. The first-order valence-corrected chi connectivity index (χ1v) is 7.48. The van der Waals surface area contributed by atoms with Gasteiger partial charge in [-0.25, -0.2) is 4.98 Å². The lowest BCUT2D eigenvalue weighted by atomic mass is 9.90. The Labute approximate surface area is 129 Å². The van der Waals surface area contributed by atoms with Crippen molar-refractivity contribution in [2.45, 2.75) is 38.4 Å². The van der Waals surface area contributed by atoms with Crippen molar-refractivity contribution in [3.63, 3.8) is 0 Å². The number of nitrogens with zero attached hydrogens (tertiary/aromatic N) is 3. The molecule has 0 aromatic carbocycles. The Balaban J connectivity index is 1.75. The minimum Gasteiger partial charge on any atom is -0.388 e. The van der Waals surface area contributed by atoms with Crippen LogP contribution >= 0.6 is 0 Å². The number of aliphatic hydroxyl groups excluding tert-OH is 1. The van der Waals surface area contributed by atoms with Crippen LogP contribution in [0.5, 0.6) is 0 Å². The Morgan fingerprint density at radius 1 is 1.55 bits per heavy atom. The maximum atomic E-state index is 12.4. The molecule has 1 aliphatic heterocycles. The van der Waals surface area contributed by atoms with Gasteiger partial charge in [-0.2, -0.15) is 0 Å². The number of aromatic nitrogens is 2. The summed E-state index contributed by atoms with van der Waals surface area (Å²) >= 11 is 0. The van der Waals surface area contributed by atoms with Crippen LogP contribution in [-0.2, 0) is 11.2 Å². The molecule has 6 nitrogen and oxygen atoms in total. The summed E-state index contributed by atoms with van der Waals surface area (Å²) in [6.45, 7) is 4.21. The van der Waals surface area contributed by atoms with E-state index < -0.39 is 11.7 Å². The van der Waals surface area contributed by atoms with E-state index in [9.17, 15) is 15.0 Å². The van der Waals surface area contributed by atoms with Crippen LogP contribution in [0.15, 0.2) is 24.5 Å². The van der Waals surface area contributed by atoms with E-state index in [-0.39, 0.29) is 18.9 Å². The van der Waals surface area contributed by atoms with Crippen LogP contribution in [0.2, 0.25) is 0 Å². The van der Waals surface area contributed by atoms with Crippen LogP contribution < -0.4 is 0 Å². The number of carbonyl (C=O) groups is 1. The van der Waals surface area contributed by atoms with Crippen molar-refractivity contribution >= 4 is 11.6 Å². The Kier molecular flexibility index (Phi) is 3.66. The van der Waals surface area contributed by atoms with Crippen LogP contribution in [-0.4, -0.2) is 55.2 Å². The summed E-state index contributed by atoms with van der Waals surface area (Å²) in [5, 5.41) is 19.9. The number of pyridine rings is 1. The number of imidazole rings is 1. The molecule has 1 amide bonds. The largest absolute Gasteiger partial charge is 0.388 e. The van der Waals surface area contributed by atoms with Gasteiger partial charge in [0.1, 0.15) is 5.65 Å². The van der Waals surface area contributed by atoms with Crippen molar-refractivity contribution in [3.8, 4) is 0 Å². The highest BCUT2D eigenvalue weighted by atomic mass is 16.3. The molecular formula is C16H21N3O3. The maximum Gasteiger partial charge on any atom is 0.228 e. The second-order valence-electron chi connectivity index (χ2n) is 6.27. The summed E-state index contributed by atoms with van der Waals surface area (Å²) in [6, 6.07) is 3.91. The average Bonchev–Trinajstić information content (AvgIpc) is 2.86. The van der Waals surface area contributed by atoms with E-state index in [4.69, 9.17) is 0 Å². The predicted octanol–water partition coefficient (Wildman–Crippen LogP) is 0.529. The third kappa shape index (κ3) is 2.60. The number of piperidine rings is 1. The molecule has 2 atom stereocenters. The van der Waals surface area contributed by atoms with Crippen molar-refractivity contribution in [3.05, 3.63) is 35.8 Å². The number of amides is 1. The second kappa shape index (κ2) is 5.37. The zero-order valence-electron chi connectivity index (χ0n) is 12.9. The molecule has 0 saturated carbocycles. The van der Waals surface area contributed by atoms with E-state index in [0.717, 1.165) is 16.9 Å². The Hall–Kier alpha value is -1.92. The number of fused-ring (bicyclic) bond motifs is 1. The molecule has 0 bridgehead atoms. The molecule has 6 heteroatoms. The van der Waals surface area contributed by atoms with Gasteiger partial charge in [-0.15, -0.1) is 0 Å². The number of hydrogen-bond donors (Lipinski definition) is 2. The molecule has 1 aliphatic rings. The molecule has 2 N–H and O–H groups in total. The molecule has 2 aromatic heterocycles. The summed E-state index contributed by atoms with van der Waals surface area (Å²) in [5.41, 5.74) is 1.63. The number of rotatable bonds is 2. The van der Waals surface area contributed by atoms with E-state index in [2.05, 4.69) is 4.98 Å². The summed E-state index contributed by atoms with van der Waals surface area (Å²) in [7, 11) is 0. The number of β-amino-alcohol motifs (C(OH)–C–C–N with tert-alkyl or cyclic N) is 1. The van der Waals surface area contributed by atoms with Gasteiger partial charge in [0.25, 0.3) is 0 Å². The predicted molar refractivity (Wildman–Crippen MR) is 81.5 cm³/mol. The van der Waals surface area contributed by atoms with Crippen molar-refractivity contribution in [1.82, 2.24) is 14.3 Å². The first kappa shape index (κ1) is 15.0. The van der Waals surface area contributed by atoms with Gasteiger partial charge >= 0.3 is 0 Å². The summed E-state index contributed by atoms with van der Waals surface area (Å²) in [5.74, 6) is -0.0575. The van der Waals surface area contributed by atoms with Crippen molar-refractivity contribution in [2.75, 3.05) is 13.1 Å². The monoisotopic (exact) mass is 303 g/mol. The minimum atomic E-state index is -1.11. The van der Waals surface area contributed by atoms with Gasteiger partial charge in [-0.05, 0) is 31.9 Å². The number of hydrogen-bond acceptors (Lipinski definition) is 4. The lowest BCUT2D eigenvalue weighted by molar-refractivity contribution is -0.145. The maximum absolute atomic E-state index is 12.4. The third-order valence-electron chi connectivity index (χ3n) is 4.49. The highest BCUT2D eigenvalue weighted by molar-refractivity contribution is 5.79. The van der Waals surface area contributed by atoms with Gasteiger partial charge in [0.2, 0.25) is 5.91 Å². The highest BCUT2D eigenvalue weighted by Crippen LogP contribution is 2.22. The quantitative estimate of drug-likeness (QED) is 0.848. The molecule has 0 spiro atoms. The van der Waals surface area contributed by atoms with Gasteiger partial charge in [-0.1, -0.05) is 6.07 Å². The Morgan fingerprint density at radius 3 is 3.05 bits per heavy atom. The molecule has 22 heavy (non-hydrogen) atoms. The van der Waals surface area contributed by atoms with Crippen LogP contribution in [0.1, 0.15) is 24.6 Å². The summed E-state index contributed by atoms with van der Waals surface area (Å²) in [6.07, 6.45) is 3.32. The van der Waals surface area contributed by atoms with E-state index in [1.807, 2.05) is 29.7 Å². The first-order valence-electron chi connectivity index (χ1n) is 7.48. The average molecular weight is 303 g/mol. The molecule has 118 valence electrons. The standard InChI is InChI=1S/C16H21N3O3/c1-11-4-3-6-19-12(9-17-15(11)19)8-14(21)18-7-5-16(2,22)13(20)10-18/h3-4,6,9,13,20,22H,5,7-8,10H2,1-2H3/t13-,16+/m0/s1. The van der Waals surface area contributed by atoms with E-state index in [1.165, 1.54) is 0 Å². The number of aryl methyl sites for hydroxylation is 1. The number of carbonyl (C=O) groups excluding carboxylic acids is 1. The van der Waals surface area contributed by atoms with Crippen molar-refractivity contribution < 1.29 is 15.0 Å². The summed E-state index contributed by atoms with van der Waals surface area (Å²) < 4.78 is 1.92. The molecule has 3 heterocycles. The molecule has 1 fully saturated rings. The van der Waals surface area contributed by atoms with Gasteiger partial charge in [-0.3, -0.25) is 4.79 Å². The normalized spacial score (nSPS) is 25.6. The zero-order valence-corrected chi connectivity index (χ0v) is 12.9. The summed E-state index contributed by atoms with van der Waals surface area (Å²) in [4.78, 5) is 18.4. The first-order chi connectivity index (χ1) is 10.4. The number of likely N-dealkylation sites (tertiary alicyclic amines) is 1. The topological polar surface area (TPSA) is 78.1 Å². The van der Waals surface area contributed by atoms with Gasteiger partial charge in [0.05, 0.1) is 23.8 Å². The highest BCUT2D eigenvalue weighted by Gasteiger charge is 2.37. The number of aliphatic hydroxyl groups is 2. The van der Waals surface area contributed by atoms with Gasteiger partial charge in [0, 0.05) is 25.5 Å². The molecule has 0 aliphatic carbocycles. The lowest BCUT2D eigenvalue weighted by Crippen LogP contribution is -2.55. The Morgan fingerprint density at radius 2 is 2.32 bits per heavy atom. The minimum absolute atomic E-state index is 0.0575.